The first kappa shape index (κ1) is 17.2. The van der Waals surface area contributed by atoms with Gasteiger partial charge in [-0.15, -0.1) is 0 Å². The highest BCUT2D eigenvalue weighted by Gasteiger charge is 2.26. The molecule has 0 aliphatic carbocycles. The number of carboxylic acids is 1. The molecule has 19 heavy (non-hydrogen) atoms. The Labute approximate surface area is 112 Å². The van der Waals surface area contributed by atoms with E-state index in [4.69, 9.17) is 10.8 Å². The molecule has 0 aromatic carbocycles. The standard InChI is InChI=1S/C12H23N3O4/c1-4-5-6-8(9(16)17)15-11(19)14-7-12(2,3)10(13)18/h8H,4-7H2,1-3H3,(H2,13,18)(H,16,17)(H2,14,15,19)/t8-/m0/s1. The molecule has 0 fully saturated rings. The summed E-state index contributed by atoms with van der Waals surface area (Å²) >= 11 is 0. The first-order chi connectivity index (χ1) is 8.70. The molecule has 110 valence electrons. The number of urea groups is 1. The molecule has 0 saturated carbocycles. The monoisotopic (exact) mass is 273 g/mol. The van der Waals surface area contributed by atoms with Gasteiger partial charge in [0.05, 0.1) is 5.41 Å². The predicted molar refractivity (Wildman–Crippen MR) is 70.5 cm³/mol. The van der Waals surface area contributed by atoms with Crippen LogP contribution in [0.4, 0.5) is 4.79 Å². The molecule has 0 bridgehead atoms. The quantitative estimate of drug-likeness (QED) is 0.512. The fraction of sp³-hybridized carbons (Fsp3) is 0.750. The summed E-state index contributed by atoms with van der Waals surface area (Å²) in [5, 5.41) is 13.8. The third-order valence-electron chi connectivity index (χ3n) is 2.81. The maximum Gasteiger partial charge on any atom is 0.326 e. The van der Waals surface area contributed by atoms with Crippen LogP contribution in [0.5, 0.6) is 0 Å². The third-order valence-corrected chi connectivity index (χ3v) is 2.81. The van der Waals surface area contributed by atoms with Gasteiger partial charge in [0, 0.05) is 6.54 Å². The van der Waals surface area contributed by atoms with E-state index in [9.17, 15) is 14.4 Å². The maximum atomic E-state index is 11.6. The van der Waals surface area contributed by atoms with Crippen molar-refractivity contribution in [2.75, 3.05) is 6.54 Å². The smallest absolute Gasteiger partial charge is 0.326 e. The first-order valence-corrected chi connectivity index (χ1v) is 6.27. The van der Waals surface area contributed by atoms with Crippen LogP contribution in [0.1, 0.15) is 40.0 Å². The van der Waals surface area contributed by atoms with Crippen LogP contribution in [0.2, 0.25) is 0 Å². The van der Waals surface area contributed by atoms with E-state index < -0.39 is 29.4 Å². The molecule has 0 aromatic rings. The molecule has 7 heteroatoms. The largest absolute Gasteiger partial charge is 0.480 e. The molecule has 1 atom stereocenters. The SMILES string of the molecule is CCCC[C@H](NC(=O)NCC(C)(C)C(N)=O)C(=O)O. The Hall–Kier alpha value is -1.79. The second-order valence-electron chi connectivity index (χ2n) is 5.11. The number of rotatable bonds is 8. The lowest BCUT2D eigenvalue weighted by atomic mass is 9.93. The fourth-order valence-electron chi connectivity index (χ4n) is 1.26. The van der Waals surface area contributed by atoms with Crippen molar-refractivity contribution in [3.63, 3.8) is 0 Å². The van der Waals surface area contributed by atoms with E-state index >= 15 is 0 Å². The molecule has 0 radical (unpaired) electrons. The molecule has 0 unspecified atom stereocenters. The Morgan fingerprint density at radius 3 is 2.32 bits per heavy atom. The lowest BCUT2D eigenvalue weighted by Crippen LogP contribution is -2.50. The lowest BCUT2D eigenvalue weighted by molar-refractivity contribution is -0.139. The van der Waals surface area contributed by atoms with Gasteiger partial charge in [0.1, 0.15) is 6.04 Å². The molecule has 0 aliphatic rings. The van der Waals surface area contributed by atoms with Crippen LogP contribution in [0.3, 0.4) is 0 Å². The number of primary amides is 1. The topological polar surface area (TPSA) is 122 Å². The van der Waals surface area contributed by atoms with E-state index in [0.717, 1.165) is 6.42 Å². The van der Waals surface area contributed by atoms with E-state index in [0.29, 0.717) is 12.8 Å². The molecular formula is C12H23N3O4. The molecule has 7 nitrogen and oxygen atoms in total. The number of unbranched alkanes of at least 4 members (excludes halogenated alkanes) is 1. The van der Waals surface area contributed by atoms with Gasteiger partial charge in [0.15, 0.2) is 0 Å². The molecule has 0 saturated heterocycles. The van der Waals surface area contributed by atoms with Crippen molar-refractivity contribution in [1.82, 2.24) is 10.6 Å². The molecular weight excluding hydrogens is 250 g/mol. The van der Waals surface area contributed by atoms with Crippen LogP contribution in [0, 0.1) is 5.41 Å². The Bertz CT molecular complexity index is 342. The van der Waals surface area contributed by atoms with Gasteiger partial charge in [-0.25, -0.2) is 9.59 Å². The van der Waals surface area contributed by atoms with Crippen LogP contribution in [-0.4, -0.2) is 35.6 Å². The number of aliphatic carboxylic acids is 1. The minimum atomic E-state index is -1.07. The van der Waals surface area contributed by atoms with Gasteiger partial charge in [0.2, 0.25) is 5.91 Å². The fourth-order valence-corrected chi connectivity index (χ4v) is 1.26. The van der Waals surface area contributed by atoms with Crippen molar-refractivity contribution in [2.24, 2.45) is 11.1 Å². The summed E-state index contributed by atoms with van der Waals surface area (Å²) in [5.41, 5.74) is 4.29. The summed E-state index contributed by atoms with van der Waals surface area (Å²) in [6.45, 7) is 5.19. The average molecular weight is 273 g/mol. The van der Waals surface area contributed by atoms with Crippen LogP contribution >= 0.6 is 0 Å². The Morgan fingerprint density at radius 2 is 1.89 bits per heavy atom. The van der Waals surface area contributed by atoms with Gasteiger partial charge in [-0.3, -0.25) is 4.79 Å². The minimum Gasteiger partial charge on any atom is -0.480 e. The van der Waals surface area contributed by atoms with Crippen LogP contribution in [0.15, 0.2) is 0 Å². The zero-order valence-corrected chi connectivity index (χ0v) is 11.7. The summed E-state index contributed by atoms with van der Waals surface area (Å²) in [4.78, 5) is 33.5. The van der Waals surface area contributed by atoms with Crippen LogP contribution in [0.25, 0.3) is 0 Å². The van der Waals surface area contributed by atoms with Gasteiger partial charge < -0.3 is 21.5 Å². The maximum absolute atomic E-state index is 11.6. The highest BCUT2D eigenvalue weighted by atomic mass is 16.4. The van der Waals surface area contributed by atoms with Gasteiger partial charge in [-0.2, -0.15) is 0 Å². The van der Waals surface area contributed by atoms with Crippen LogP contribution < -0.4 is 16.4 Å². The normalized spacial score (nSPS) is 12.6. The van der Waals surface area contributed by atoms with Crippen molar-refractivity contribution in [3.05, 3.63) is 0 Å². The van der Waals surface area contributed by atoms with Gasteiger partial charge >= 0.3 is 12.0 Å². The molecule has 5 N–H and O–H groups in total. The highest BCUT2D eigenvalue weighted by molar-refractivity contribution is 5.84. The number of amides is 3. The zero-order valence-electron chi connectivity index (χ0n) is 11.7. The van der Waals surface area contributed by atoms with Crippen molar-refractivity contribution < 1.29 is 19.5 Å². The van der Waals surface area contributed by atoms with Gasteiger partial charge in [-0.1, -0.05) is 19.8 Å². The number of carbonyl (C=O) groups is 3. The van der Waals surface area contributed by atoms with Crippen molar-refractivity contribution in [1.29, 1.82) is 0 Å². The number of carboxylic acid groups (broad SMARTS) is 1. The summed E-state index contributed by atoms with van der Waals surface area (Å²) in [6.07, 6.45) is 1.93. The number of nitrogens with one attached hydrogen (secondary N) is 2. The third kappa shape index (κ3) is 6.64. The lowest BCUT2D eigenvalue weighted by Gasteiger charge is -2.22. The van der Waals surface area contributed by atoms with E-state index in [2.05, 4.69) is 10.6 Å². The first-order valence-electron chi connectivity index (χ1n) is 6.27. The van der Waals surface area contributed by atoms with E-state index in [1.165, 1.54) is 0 Å². The highest BCUT2D eigenvalue weighted by Crippen LogP contribution is 2.11. The predicted octanol–water partition coefficient (Wildman–Crippen LogP) is 0.441. The van der Waals surface area contributed by atoms with Crippen LogP contribution in [-0.2, 0) is 9.59 Å². The Balaban J connectivity index is 4.27. The van der Waals surface area contributed by atoms with E-state index in [-0.39, 0.29) is 6.54 Å². The molecule has 0 rings (SSSR count). The second-order valence-corrected chi connectivity index (χ2v) is 5.11. The molecule has 0 aliphatic heterocycles. The zero-order chi connectivity index (χ0) is 15.1. The van der Waals surface area contributed by atoms with E-state index in [1.807, 2.05) is 6.92 Å². The minimum absolute atomic E-state index is 0.0499. The van der Waals surface area contributed by atoms with Crippen molar-refractivity contribution in [3.8, 4) is 0 Å². The Morgan fingerprint density at radius 1 is 1.32 bits per heavy atom. The number of hydrogen-bond acceptors (Lipinski definition) is 3. The molecule has 0 spiro atoms. The molecule has 3 amide bonds. The number of nitrogens with two attached hydrogens (primary N) is 1. The average Bonchev–Trinajstić information content (AvgIpc) is 2.31. The summed E-state index contributed by atoms with van der Waals surface area (Å²) in [7, 11) is 0. The van der Waals surface area contributed by atoms with Gasteiger partial charge in [0.25, 0.3) is 0 Å². The number of hydrogen-bond donors (Lipinski definition) is 4. The molecule has 0 heterocycles. The van der Waals surface area contributed by atoms with E-state index in [1.54, 1.807) is 13.8 Å². The second kappa shape index (κ2) is 7.60. The van der Waals surface area contributed by atoms with Crippen molar-refractivity contribution >= 4 is 17.9 Å². The van der Waals surface area contributed by atoms with Crippen molar-refractivity contribution in [2.45, 2.75) is 46.1 Å². The summed E-state index contributed by atoms with van der Waals surface area (Å²) in [5.74, 6) is -1.61. The van der Waals surface area contributed by atoms with Gasteiger partial charge in [-0.05, 0) is 20.3 Å². The molecule has 0 aromatic heterocycles. The Kier molecular flexibility index (Phi) is 6.89. The number of carbonyl (C=O) groups excluding carboxylic acids is 2. The summed E-state index contributed by atoms with van der Waals surface area (Å²) < 4.78 is 0. The summed E-state index contributed by atoms with van der Waals surface area (Å²) in [6, 6.07) is -1.53.